The van der Waals surface area contributed by atoms with Crippen LogP contribution in [0.15, 0.2) is 35.5 Å². The second kappa shape index (κ2) is 9.27. The van der Waals surface area contributed by atoms with Crippen molar-refractivity contribution in [2.45, 2.75) is 59.1 Å². The largest absolute Gasteiger partial charge is 0.494 e. The maximum atomic E-state index is 12.7. The highest BCUT2D eigenvalue weighted by molar-refractivity contribution is 5.95. The third kappa shape index (κ3) is 5.00. The van der Waals surface area contributed by atoms with Gasteiger partial charge in [-0.1, -0.05) is 32.4 Å². The zero-order valence-corrected chi connectivity index (χ0v) is 15.9. The fourth-order valence-corrected chi connectivity index (χ4v) is 2.78. The molecule has 1 heterocycles. The van der Waals surface area contributed by atoms with E-state index in [-0.39, 0.29) is 12.1 Å². The molecule has 0 saturated carbocycles. The topological polar surface area (TPSA) is 76.7 Å². The van der Waals surface area contributed by atoms with Gasteiger partial charge in [0.1, 0.15) is 5.75 Å². The van der Waals surface area contributed by atoms with Crippen molar-refractivity contribution in [3.05, 3.63) is 41.1 Å². The molecule has 1 aliphatic rings. The molecule has 2 amide bonds. The number of carbonyl (C=O) groups is 2. The van der Waals surface area contributed by atoms with Gasteiger partial charge < -0.3 is 20.1 Å². The van der Waals surface area contributed by atoms with Gasteiger partial charge in [0, 0.05) is 5.70 Å². The summed E-state index contributed by atoms with van der Waals surface area (Å²) in [6.07, 6.45) is 2.31. The molecule has 6 nitrogen and oxygen atoms in total. The molecule has 0 spiro atoms. The number of nitrogens with one attached hydrogen (secondary N) is 2. The Kier molecular flexibility index (Phi) is 7.06. The Balaban J connectivity index is 2.36. The van der Waals surface area contributed by atoms with Gasteiger partial charge in [0.15, 0.2) is 0 Å². The van der Waals surface area contributed by atoms with Gasteiger partial charge in [0.05, 0.1) is 24.3 Å². The van der Waals surface area contributed by atoms with E-state index in [2.05, 4.69) is 17.6 Å². The monoisotopic (exact) mass is 360 g/mol. The molecule has 1 aromatic rings. The Morgan fingerprint density at radius 1 is 1.27 bits per heavy atom. The molecule has 1 unspecified atom stereocenters. The molecule has 0 radical (unpaired) electrons. The SMILES string of the molecule is CCCCOc1cccc(C2NC(=O)NC(CC)=C2C(=O)OC(C)C)c1. The molecule has 142 valence electrons. The Morgan fingerprint density at radius 2 is 2.04 bits per heavy atom. The maximum absolute atomic E-state index is 12.7. The van der Waals surface area contributed by atoms with Crippen LogP contribution in [0.4, 0.5) is 4.79 Å². The minimum absolute atomic E-state index is 0.241. The van der Waals surface area contributed by atoms with Crippen LogP contribution in [0, 0.1) is 0 Å². The van der Waals surface area contributed by atoms with Crippen LogP contribution in [0.5, 0.6) is 5.75 Å². The van der Waals surface area contributed by atoms with E-state index in [1.807, 2.05) is 31.2 Å². The number of hydrogen-bond donors (Lipinski definition) is 2. The molecular weight excluding hydrogens is 332 g/mol. The van der Waals surface area contributed by atoms with Crippen LogP contribution < -0.4 is 15.4 Å². The lowest BCUT2D eigenvalue weighted by atomic mass is 9.94. The Labute approximate surface area is 154 Å². The Bertz CT molecular complexity index is 682. The maximum Gasteiger partial charge on any atom is 0.338 e. The molecule has 1 atom stereocenters. The normalized spacial score (nSPS) is 17.0. The van der Waals surface area contributed by atoms with E-state index in [0.29, 0.717) is 24.3 Å². The lowest BCUT2D eigenvalue weighted by molar-refractivity contribution is -0.143. The summed E-state index contributed by atoms with van der Waals surface area (Å²) in [5.41, 5.74) is 1.81. The second-order valence-electron chi connectivity index (χ2n) is 6.51. The van der Waals surface area contributed by atoms with Crippen molar-refractivity contribution in [2.75, 3.05) is 6.61 Å². The summed E-state index contributed by atoms with van der Waals surface area (Å²) in [6.45, 7) is 8.24. The average molecular weight is 360 g/mol. The van der Waals surface area contributed by atoms with Crippen molar-refractivity contribution in [3.8, 4) is 5.75 Å². The summed E-state index contributed by atoms with van der Waals surface area (Å²) >= 11 is 0. The molecule has 0 fully saturated rings. The summed E-state index contributed by atoms with van der Waals surface area (Å²) in [5.74, 6) is 0.296. The van der Waals surface area contributed by atoms with Crippen molar-refractivity contribution in [1.82, 2.24) is 10.6 Å². The van der Waals surface area contributed by atoms with Gasteiger partial charge in [-0.15, -0.1) is 0 Å². The minimum atomic E-state index is -0.570. The van der Waals surface area contributed by atoms with Crippen LogP contribution >= 0.6 is 0 Å². The number of allylic oxidation sites excluding steroid dienone is 1. The molecule has 1 aliphatic heterocycles. The molecule has 0 aliphatic carbocycles. The van der Waals surface area contributed by atoms with Crippen LogP contribution in [0.25, 0.3) is 0 Å². The smallest absolute Gasteiger partial charge is 0.338 e. The average Bonchev–Trinajstić information content (AvgIpc) is 2.60. The molecule has 2 N–H and O–H groups in total. The Hall–Kier alpha value is -2.50. The van der Waals surface area contributed by atoms with Crippen LogP contribution in [0.1, 0.15) is 58.6 Å². The first kappa shape index (κ1) is 19.8. The van der Waals surface area contributed by atoms with E-state index < -0.39 is 12.0 Å². The van der Waals surface area contributed by atoms with Crippen LogP contribution in [0.2, 0.25) is 0 Å². The summed E-state index contributed by atoms with van der Waals surface area (Å²) in [7, 11) is 0. The fraction of sp³-hybridized carbons (Fsp3) is 0.500. The number of unbranched alkanes of at least 4 members (excludes halogenated alkanes) is 1. The number of urea groups is 1. The number of hydrogen-bond acceptors (Lipinski definition) is 4. The van der Waals surface area contributed by atoms with Crippen molar-refractivity contribution in [1.29, 1.82) is 0 Å². The molecule has 0 bridgehead atoms. The van der Waals surface area contributed by atoms with E-state index >= 15 is 0 Å². The number of ether oxygens (including phenoxy) is 2. The van der Waals surface area contributed by atoms with E-state index in [4.69, 9.17) is 9.47 Å². The van der Waals surface area contributed by atoms with Crippen molar-refractivity contribution in [3.63, 3.8) is 0 Å². The predicted octanol–water partition coefficient (Wildman–Crippen LogP) is 3.84. The van der Waals surface area contributed by atoms with Crippen LogP contribution in [-0.2, 0) is 9.53 Å². The first-order valence-electron chi connectivity index (χ1n) is 9.20. The van der Waals surface area contributed by atoms with E-state index in [1.54, 1.807) is 13.8 Å². The molecule has 26 heavy (non-hydrogen) atoms. The third-order valence-electron chi connectivity index (χ3n) is 4.03. The highest BCUT2D eigenvalue weighted by Crippen LogP contribution is 2.31. The van der Waals surface area contributed by atoms with E-state index in [0.717, 1.165) is 24.2 Å². The van der Waals surface area contributed by atoms with E-state index in [9.17, 15) is 9.59 Å². The van der Waals surface area contributed by atoms with Gasteiger partial charge in [0.2, 0.25) is 0 Å². The standard InChI is InChI=1S/C20H28N2O4/c1-5-7-11-25-15-10-8-9-14(12-15)18-17(19(23)26-13(3)4)16(6-2)21-20(24)22-18/h8-10,12-13,18H,5-7,11H2,1-4H3,(H2,21,22,24). The summed E-state index contributed by atoms with van der Waals surface area (Å²) in [6, 6.07) is 6.58. The number of benzene rings is 1. The van der Waals surface area contributed by atoms with E-state index in [1.165, 1.54) is 0 Å². The highest BCUT2D eigenvalue weighted by atomic mass is 16.5. The summed E-state index contributed by atoms with van der Waals surface area (Å²) < 4.78 is 11.2. The third-order valence-corrected chi connectivity index (χ3v) is 4.03. The summed E-state index contributed by atoms with van der Waals surface area (Å²) in [5, 5.41) is 5.56. The molecular formula is C20H28N2O4. The Morgan fingerprint density at radius 3 is 2.69 bits per heavy atom. The summed E-state index contributed by atoms with van der Waals surface area (Å²) in [4.78, 5) is 24.7. The van der Waals surface area contributed by atoms with Crippen molar-refractivity contribution < 1.29 is 19.1 Å². The lowest BCUT2D eigenvalue weighted by Gasteiger charge is -2.29. The van der Waals surface area contributed by atoms with Crippen LogP contribution in [-0.4, -0.2) is 24.7 Å². The van der Waals surface area contributed by atoms with Gasteiger partial charge in [0.25, 0.3) is 0 Å². The van der Waals surface area contributed by atoms with Gasteiger partial charge in [-0.05, 0) is 44.4 Å². The molecule has 2 rings (SSSR count). The number of rotatable bonds is 8. The molecule has 1 aromatic carbocycles. The molecule has 0 saturated heterocycles. The zero-order chi connectivity index (χ0) is 19.1. The second-order valence-corrected chi connectivity index (χ2v) is 6.51. The van der Waals surface area contributed by atoms with Crippen molar-refractivity contribution in [2.24, 2.45) is 0 Å². The predicted molar refractivity (Wildman–Crippen MR) is 99.8 cm³/mol. The first-order valence-corrected chi connectivity index (χ1v) is 9.20. The molecule has 6 heteroatoms. The zero-order valence-electron chi connectivity index (χ0n) is 15.9. The first-order chi connectivity index (χ1) is 12.5. The minimum Gasteiger partial charge on any atom is -0.494 e. The van der Waals surface area contributed by atoms with Gasteiger partial charge >= 0.3 is 12.0 Å². The van der Waals surface area contributed by atoms with Gasteiger partial charge in [-0.25, -0.2) is 9.59 Å². The van der Waals surface area contributed by atoms with Crippen molar-refractivity contribution >= 4 is 12.0 Å². The number of carbonyl (C=O) groups excluding carboxylic acids is 2. The van der Waals surface area contributed by atoms with Crippen LogP contribution in [0.3, 0.4) is 0 Å². The van der Waals surface area contributed by atoms with Gasteiger partial charge in [-0.3, -0.25) is 0 Å². The molecule has 0 aromatic heterocycles. The lowest BCUT2D eigenvalue weighted by Crippen LogP contribution is -2.46. The highest BCUT2D eigenvalue weighted by Gasteiger charge is 2.33. The van der Waals surface area contributed by atoms with Gasteiger partial charge in [-0.2, -0.15) is 0 Å². The fourth-order valence-electron chi connectivity index (χ4n) is 2.78. The quantitative estimate of drug-likeness (QED) is 0.545. The number of amides is 2. The number of esters is 1.